The smallest absolute Gasteiger partial charge is 0.0682 e. The SMILES string of the molecule is CCCON(C)C1CC1CC. The van der Waals surface area contributed by atoms with Crippen molar-refractivity contribution in [2.75, 3.05) is 13.7 Å². The molecule has 1 aliphatic rings. The molecule has 1 aliphatic carbocycles. The molecule has 0 aromatic carbocycles. The number of hydroxylamine groups is 2. The van der Waals surface area contributed by atoms with Crippen LogP contribution in [0.4, 0.5) is 0 Å². The molecule has 2 heteroatoms. The van der Waals surface area contributed by atoms with Crippen molar-refractivity contribution in [3.8, 4) is 0 Å². The monoisotopic (exact) mass is 157 g/mol. The van der Waals surface area contributed by atoms with Crippen molar-refractivity contribution in [3.05, 3.63) is 0 Å². The van der Waals surface area contributed by atoms with E-state index in [2.05, 4.69) is 20.9 Å². The van der Waals surface area contributed by atoms with Crippen LogP contribution in [0.5, 0.6) is 0 Å². The topological polar surface area (TPSA) is 12.5 Å². The van der Waals surface area contributed by atoms with Gasteiger partial charge in [0.05, 0.1) is 6.61 Å². The molecule has 0 aliphatic heterocycles. The second-order valence-corrected chi connectivity index (χ2v) is 3.35. The van der Waals surface area contributed by atoms with Gasteiger partial charge in [-0.2, -0.15) is 5.06 Å². The first-order valence-corrected chi connectivity index (χ1v) is 4.65. The maximum Gasteiger partial charge on any atom is 0.0682 e. The van der Waals surface area contributed by atoms with Crippen molar-refractivity contribution in [2.24, 2.45) is 5.92 Å². The Bertz CT molecular complexity index is 116. The molecule has 0 amide bonds. The van der Waals surface area contributed by atoms with E-state index in [0.29, 0.717) is 6.04 Å². The van der Waals surface area contributed by atoms with Crippen LogP contribution >= 0.6 is 0 Å². The summed E-state index contributed by atoms with van der Waals surface area (Å²) in [5.74, 6) is 0.900. The predicted molar refractivity (Wildman–Crippen MR) is 46.2 cm³/mol. The van der Waals surface area contributed by atoms with Gasteiger partial charge in [0.1, 0.15) is 0 Å². The first kappa shape index (κ1) is 9.01. The summed E-state index contributed by atoms with van der Waals surface area (Å²) in [6, 6.07) is 0.714. The van der Waals surface area contributed by atoms with Crippen LogP contribution in [0.15, 0.2) is 0 Å². The van der Waals surface area contributed by atoms with Crippen LogP contribution in [0.25, 0.3) is 0 Å². The van der Waals surface area contributed by atoms with E-state index < -0.39 is 0 Å². The third kappa shape index (κ3) is 2.46. The van der Waals surface area contributed by atoms with E-state index in [-0.39, 0.29) is 0 Å². The number of nitrogens with zero attached hydrogens (tertiary/aromatic N) is 1. The van der Waals surface area contributed by atoms with Gasteiger partial charge in [0.25, 0.3) is 0 Å². The van der Waals surface area contributed by atoms with Crippen LogP contribution in [0.1, 0.15) is 33.1 Å². The zero-order valence-corrected chi connectivity index (χ0v) is 7.84. The highest BCUT2D eigenvalue weighted by molar-refractivity contribution is 4.90. The van der Waals surface area contributed by atoms with Crippen LogP contribution in [0.2, 0.25) is 0 Å². The van der Waals surface area contributed by atoms with E-state index in [0.717, 1.165) is 18.9 Å². The molecular weight excluding hydrogens is 138 g/mol. The first-order valence-electron chi connectivity index (χ1n) is 4.65. The molecule has 0 aromatic rings. The lowest BCUT2D eigenvalue weighted by atomic mass is 10.3. The maximum atomic E-state index is 5.48. The minimum absolute atomic E-state index is 0.714. The standard InChI is InChI=1S/C9H19NO/c1-4-6-11-10(3)9-7-8(9)5-2/h8-9H,4-7H2,1-3H3. The van der Waals surface area contributed by atoms with Crippen LogP contribution in [0.3, 0.4) is 0 Å². The van der Waals surface area contributed by atoms with Gasteiger partial charge in [0, 0.05) is 13.1 Å². The van der Waals surface area contributed by atoms with Crippen molar-refractivity contribution >= 4 is 0 Å². The van der Waals surface area contributed by atoms with E-state index in [4.69, 9.17) is 4.84 Å². The molecule has 66 valence electrons. The first-order chi connectivity index (χ1) is 5.29. The van der Waals surface area contributed by atoms with Gasteiger partial charge in [0.2, 0.25) is 0 Å². The van der Waals surface area contributed by atoms with Crippen LogP contribution in [-0.4, -0.2) is 24.8 Å². The van der Waals surface area contributed by atoms with Crippen molar-refractivity contribution < 1.29 is 4.84 Å². The highest BCUT2D eigenvalue weighted by Crippen LogP contribution is 2.37. The summed E-state index contributed by atoms with van der Waals surface area (Å²) in [5.41, 5.74) is 0. The van der Waals surface area contributed by atoms with Crippen LogP contribution in [-0.2, 0) is 4.84 Å². The van der Waals surface area contributed by atoms with E-state index in [1.165, 1.54) is 12.8 Å². The molecule has 0 saturated heterocycles. The zero-order chi connectivity index (χ0) is 8.27. The van der Waals surface area contributed by atoms with Crippen molar-refractivity contribution in [1.82, 2.24) is 5.06 Å². The maximum absolute atomic E-state index is 5.48. The summed E-state index contributed by atoms with van der Waals surface area (Å²) < 4.78 is 0. The molecule has 1 fully saturated rings. The van der Waals surface area contributed by atoms with E-state index in [1.807, 2.05) is 5.06 Å². The molecule has 0 bridgehead atoms. The van der Waals surface area contributed by atoms with Crippen molar-refractivity contribution in [3.63, 3.8) is 0 Å². The van der Waals surface area contributed by atoms with Gasteiger partial charge in [-0.1, -0.05) is 20.3 Å². The third-order valence-corrected chi connectivity index (χ3v) is 2.38. The number of hydrogen-bond donors (Lipinski definition) is 0. The van der Waals surface area contributed by atoms with Crippen molar-refractivity contribution in [1.29, 1.82) is 0 Å². The average Bonchev–Trinajstić information content (AvgIpc) is 2.78. The van der Waals surface area contributed by atoms with Gasteiger partial charge in [-0.3, -0.25) is 4.84 Å². The van der Waals surface area contributed by atoms with E-state index >= 15 is 0 Å². The molecule has 0 N–H and O–H groups in total. The average molecular weight is 157 g/mol. The summed E-state index contributed by atoms with van der Waals surface area (Å²) in [7, 11) is 2.05. The third-order valence-electron chi connectivity index (χ3n) is 2.38. The Hall–Kier alpha value is -0.0800. The molecular formula is C9H19NO. The lowest BCUT2D eigenvalue weighted by Gasteiger charge is -2.15. The lowest BCUT2D eigenvalue weighted by Crippen LogP contribution is -2.23. The highest BCUT2D eigenvalue weighted by Gasteiger charge is 2.39. The summed E-state index contributed by atoms with van der Waals surface area (Å²) in [6.45, 7) is 5.25. The minimum Gasteiger partial charge on any atom is -0.299 e. The Labute approximate surface area is 69.5 Å². The molecule has 1 saturated carbocycles. The zero-order valence-electron chi connectivity index (χ0n) is 7.84. The van der Waals surface area contributed by atoms with E-state index in [1.54, 1.807) is 0 Å². The van der Waals surface area contributed by atoms with Gasteiger partial charge in [0.15, 0.2) is 0 Å². The van der Waals surface area contributed by atoms with Crippen LogP contribution in [0, 0.1) is 5.92 Å². The van der Waals surface area contributed by atoms with E-state index in [9.17, 15) is 0 Å². The van der Waals surface area contributed by atoms with Gasteiger partial charge in [-0.25, -0.2) is 0 Å². The summed E-state index contributed by atoms with van der Waals surface area (Å²) in [4.78, 5) is 5.48. The molecule has 0 spiro atoms. The summed E-state index contributed by atoms with van der Waals surface area (Å²) >= 11 is 0. The quantitative estimate of drug-likeness (QED) is 0.566. The molecule has 1 rings (SSSR count). The number of hydrogen-bond acceptors (Lipinski definition) is 2. The molecule has 2 unspecified atom stereocenters. The Morgan fingerprint density at radius 2 is 2.18 bits per heavy atom. The molecule has 0 radical (unpaired) electrons. The fraction of sp³-hybridized carbons (Fsp3) is 1.00. The van der Waals surface area contributed by atoms with Gasteiger partial charge >= 0.3 is 0 Å². The molecule has 0 heterocycles. The lowest BCUT2D eigenvalue weighted by molar-refractivity contribution is -0.149. The summed E-state index contributed by atoms with van der Waals surface area (Å²) in [6.07, 6.45) is 3.73. The van der Waals surface area contributed by atoms with Crippen molar-refractivity contribution in [2.45, 2.75) is 39.2 Å². The Kier molecular flexibility index (Phi) is 3.34. The highest BCUT2D eigenvalue weighted by atomic mass is 16.7. The fourth-order valence-corrected chi connectivity index (χ4v) is 1.45. The van der Waals surface area contributed by atoms with Gasteiger partial charge < -0.3 is 0 Å². The predicted octanol–water partition coefficient (Wildman–Crippen LogP) is 2.06. The Morgan fingerprint density at radius 1 is 1.45 bits per heavy atom. The largest absolute Gasteiger partial charge is 0.299 e. The Morgan fingerprint density at radius 3 is 2.64 bits per heavy atom. The number of rotatable bonds is 5. The summed E-state index contributed by atoms with van der Waals surface area (Å²) in [5, 5.41) is 2.04. The normalized spacial score (nSPS) is 29.5. The van der Waals surface area contributed by atoms with Crippen LogP contribution < -0.4 is 0 Å². The molecule has 0 aromatic heterocycles. The molecule has 2 atom stereocenters. The minimum atomic E-state index is 0.714. The second kappa shape index (κ2) is 4.07. The molecule has 2 nitrogen and oxygen atoms in total. The second-order valence-electron chi connectivity index (χ2n) is 3.35. The molecule has 11 heavy (non-hydrogen) atoms. The Balaban J connectivity index is 2.07. The van der Waals surface area contributed by atoms with Gasteiger partial charge in [-0.05, 0) is 18.8 Å². The van der Waals surface area contributed by atoms with Gasteiger partial charge in [-0.15, -0.1) is 0 Å². The fourth-order valence-electron chi connectivity index (χ4n) is 1.45.